The Kier molecular flexibility index (Phi) is 3.70. The van der Waals surface area contributed by atoms with Crippen LogP contribution in [0.2, 0.25) is 0 Å². The number of hydrogen-bond acceptors (Lipinski definition) is 3. The Morgan fingerprint density at radius 3 is 2.75 bits per heavy atom. The first-order valence-electron chi connectivity index (χ1n) is 9.78. The molecule has 2 aromatic rings. The van der Waals surface area contributed by atoms with Gasteiger partial charge in [0.2, 0.25) is 5.91 Å². The number of halogens is 3. The second-order valence-corrected chi connectivity index (χ2v) is 8.44. The molecule has 0 aliphatic heterocycles. The summed E-state index contributed by atoms with van der Waals surface area (Å²) in [5.41, 5.74) is -0.142. The molecule has 0 aromatic carbocycles. The molecule has 4 fully saturated rings. The summed E-state index contributed by atoms with van der Waals surface area (Å²) in [5.74, 6) is -0.246. The van der Waals surface area contributed by atoms with Gasteiger partial charge in [0.25, 0.3) is 0 Å². The number of anilines is 1. The molecule has 2 aromatic heterocycles. The summed E-state index contributed by atoms with van der Waals surface area (Å²) in [6.45, 7) is 1.32. The van der Waals surface area contributed by atoms with Crippen molar-refractivity contribution in [2.24, 2.45) is 11.8 Å². The van der Waals surface area contributed by atoms with Crippen molar-refractivity contribution in [3.05, 3.63) is 29.2 Å². The van der Waals surface area contributed by atoms with E-state index in [0.717, 1.165) is 37.8 Å². The van der Waals surface area contributed by atoms with Gasteiger partial charge in [-0.1, -0.05) is 0 Å². The van der Waals surface area contributed by atoms with Crippen molar-refractivity contribution in [2.75, 3.05) is 5.32 Å². The number of nitrogens with zero attached hydrogens (tertiary/aromatic N) is 3. The lowest BCUT2D eigenvalue weighted by atomic mass is 9.58. The Morgan fingerprint density at radius 1 is 1.36 bits per heavy atom. The quantitative estimate of drug-likeness (QED) is 0.826. The normalized spacial score (nSPS) is 29.4. The van der Waals surface area contributed by atoms with Gasteiger partial charge in [0.05, 0.1) is 12.0 Å². The summed E-state index contributed by atoms with van der Waals surface area (Å²) in [6, 6.07) is 2.42. The summed E-state index contributed by atoms with van der Waals surface area (Å²) in [4.78, 5) is 13.1. The molecule has 2 bridgehead atoms. The molecule has 4 aliphatic carbocycles. The highest BCUT2D eigenvalue weighted by Crippen LogP contribution is 2.64. The van der Waals surface area contributed by atoms with Crippen molar-refractivity contribution >= 4 is 11.7 Å². The smallest absolute Gasteiger partial charge is 0.309 e. The highest BCUT2D eigenvalue weighted by Gasteiger charge is 2.64. The molecule has 4 aliphatic rings. The van der Waals surface area contributed by atoms with Gasteiger partial charge in [-0.15, -0.1) is 0 Å². The van der Waals surface area contributed by atoms with Gasteiger partial charge < -0.3 is 5.32 Å². The lowest BCUT2D eigenvalue weighted by Gasteiger charge is -2.47. The molecule has 6 rings (SSSR count). The van der Waals surface area contributed by atoms with Gasteiger partial charge in [-0.25, -0.2) is 0 Å². The van der Waals surface area contributed by atoms with Crippen LogP contribution in [0.1, 0.15) is 61.5 Å². The average molecular weight is 393 g/mol. The van der Waals surface area contributed by atoms with Crippen molar-refractivity contribution in [3.8, 4) is 0 Å². The Labute approximate surface area is 159 Å². The van der Waals surface area contributed by atoms with Crippen molar-refractivity contribution in [1.82, 2.24) is 20.0 Å². The molecular weight excluding hydrogens is 371 g/mol. The minimum absolute atomic E-state index is 0.0359. The second kappa shape index (κ2) is 5.84. The fourth-order valence-corrected chi connectivity index (χ4v) is 5.45. The molecule has 0 spiro atoms. The number of amides is 1. The van der Waals surface area contributed by atoms with Crippen LogP contribution in [0.15, 0.2) is 12.3 Å². The van der Waals surface area contributed by atoms with E-state index in [9.17, 15) is 18.0 Å². The van der Waals surface area contributed by atoms with Gasteiger partial charge in [0.1, 0.15) is 5.69 Å². The van der Waals surface area contributed by atoms with Crippen LogP contribution in [0, 0.1) is 18.8 Å². The maximum absolute atomic E-state index is 13.1. The van der Waals surface area contributed by atoms with Crippen LogP contribution in [0.3, 0.4) is 0 Å². The number of carbonyl (C=O) groups is 1. The Hall–Kier alpha value is -2.32. The monoisotopic (exact) mass is 393 g/mol. The van der Waals surface area contributed by atoms with Gasteiger partial charge in [-0.3, -0.25) is 14.6 Å². The van der Waals surface area contributed by atoms with Crippen LogP contribution in [0.25, 0.3) is 0 Å². The summed E-state index contributed by atoms with van der Waals surface area (Å²) in [6.07, 6.45) is 3.52. The average Bonchev–Trinajstić information content (AvgIpc) is 3.28. The van der Waals surface area contributed by atoms with Gasteiger partial charge in [-0.05, 0) is 57.4 Å². The van der Waals surface area contributed by atoms with Crippen molar-refractivity contribution in [3.63, 3.8) is 0 Å². The van der Waals surface area contributed by atoms with Crippen LogP contribution in [0.4, 0.5) is 19.0 Å². The maximum Gasteiger partial charge on any atom is 0.433 e. The standard InChI is InChI=1S/C19H22F3N5O/c1-10-15(19(20,21)22)25-26-16(10)24-17(28)14-11-5-7-18(14,9-11)13-6-8-23-27(13)12-3-2-4-12/h6,8,11-12,14H,2-5,7,9H2,1H3,(H2,24,25,26,28). The summed E-state index contributed by atoms with van der Waals surface area (Å²) in [5, 5.41) is 12.9. The van der Waals surface area contributed by atoms with Gasteiger partial charge in [-0.2, -0.15) is 23.4 Å². The molecule has 150 valence electrons. The highest BCUT2D eigenvalue weighted by atomic mass is 19.4. The summed E-state index contributed by atoms with van der Waals surface area (Å²) >= 11 is 0. The first-order chi connectivity index (χ1) is 13.3. The molecule has 28 heavy (non-hydrogen) atoms. The molecule has 2 heterocycles. The Bertz CT molecular complexity index is 924. The minimum atomic E-state index is -4.52. The van der Waals surface area contributed by atoms with Crippen LogP contribution >= 0.6 is 0 Å². The number of H-pyrrole nitrogens is 1. The summed E-state index contributed by atoms with van der Waals surface area (Å²) < 4.78 is 41.0. The van der Waals surface area contributed by atoms with Crippen LogP contribution in [-0.4, -0.2) is 25.9 Å². The SMILES string of the molecule is Cc1c(NC(=O)C2C3CCC2(c2ccnn2C2CCC2)C3)n[nH]c1C(F)(F)F. The van der Waals surface area contributed by atoms with Crippen molar-refractivity contribution in [1.29, 1.82) is 0 Å². The number of fused-ring (bicyclic) bond motifs is 1. The van der Waals surface area contributed by atoms with Crippen LogP contribution in [-0.2, 0) is 16.4 Å². The van der Waals surface area contributed by atoms with Crippen molar-refractivity contribution < 1.29 is 18.0 Å². The number of alkyl halides is 3. The van der Waals surface area contributed by atoms with Crippen LogP contribution in [0.5, 0.6) is 0 Å². The zero-order valence-electron chi connectivity index (χ0n) is 15.5. The van der Waals surface area contributed by atoms with E-state index in [1.807, 2.05) is 11.2 Å². The first kappa shape index (κ1) is 17.8. The molecule has 9 heteroatoms. The molecule has 0 saturated heterocycles. The minimum Gasteiger partial charge on any atom is -0.309 e. The van der Waals surface area contributed by atoms with E-state index in [4.69, 9.17) is 0 Å². The van der Waals surface area contributed by atoms with E-state index in [1.165, 1.54) is 13.3 Å². The summed E-state index contributed by atoms with van der Waals surface area (Å²) in [7, 11) is 0. The van der Waals surface area contributed by atoms with E-state index in [0.29, 0.717) is 6.04 Å². The van der Waals surface area contributed by atoms with Crippen LogP contribution < -0.4 is 5.32 Å². The van der Waals surface area contributed by atoms with Crippen molar-refractivity contribution in [2.45, 2.75) is 63.1 Å². The fourth-order valence-electron chi connectivity index (χ4n) is 5.45. The largest absolute Gasteiger partial charge is 0.433 e. The molecule has 3 unspecified atom stereocenters. The van der Waals surface area contributed by atoms with E-state index < -0.39 is 11.9 Å². The van der Waals surface area contributed by atoms with E-state index in [-0.39, 0.29) is 34.5 Å². The zero-order valence-corrected chi connectivity index (χ0v) is 15.5. The molecule has 2 N–H and O–H groups in total. The Morgan fingerprint density at radius 2 is 2.14 bits per heavy atom. The third-order valence-electron chi connectivity index (χ3n) is 7.07. The maximum atomic E-state index is 13.1. The lowest BCUT2D eigenvalue weighted by Crippen LogP contribution is -2.51. The first-order valence-corrected chi connectivity index (χ1v) is 9.78. The molecule has 4 saturated carbocycles. The number of carbonyl (C=O) groups excluding carboxylic acids is 1. The predicted molar refractivity (Wildman–Crippen MR) is 94.6 cm³/mol. The zero-order chi connectivity index (χ0) is 19.7. The molecule has 1 amide bonds. The third-order valence-corrected chi connectivity index (χ3v) is 7.07. The van der Waals surface area contributed by atoms with Gasteiger partial charge >= 0.3 is 6.18 Å². The fraction of sp³-hybridized carbons (Fsp3) is 0.632. The molecule has 3 atom stereocenters. The third kappa shape index (κ3) is 2.37. The molecule has 0 radical (unpaired) electrons. The number of rotatable bonds is 4. The topological polar surface area (TPSA) is 75.6 Å². The van der Waals surface area contributed by atoms with E-state index in [1.54, 1.807) is 6.20 Å². The molecular formula is C19H22F3N5O. The number of aromatic nitrogens is 4. The lowest BCUT2D eigenvalue weighted by molar-refractivity contribution is -0.141. The number of nitrogens with one attached hydrogen (secondary N) is 2. The number of hydrogen-bond donors (Lipinski definition) is 2. The molecule has 6 nitrogen and oxygen atoms in total. The van der Waals surface area contributed by atoms with E-state index >= 15 is 0 Å². The van der Waals surface area contributed by atoms with Gasteiger partial charge in [0.15, 0.2) is 5.82 Å². The predicted octanol–water partition coefficient (Wildman–Crippen LogP) is 3.96. The highest BCUT2D eigenvalue weighted by molar-refractivity contribution is 5.95. The van der Waals surface area contributed by atoms with E-state index in [2.05, 4.69) is 20.2 Å². The van der Waals surface area contributed by atoms with Gasteiger partial charge in [0, 0.05) is 22.9 Å². The number of aromatic amines is 1. The Balaban J connectivity index is 1.40. The second-order valence-electron chi connectivity index (χ2n) is 8.44.